The molecule has 1 aromatic carbocycles. The van der Waals surface area contributed by atoms with Crippen molar-refractivity contribution in [2.24, 2.45) is 0 Å². The second-order valence-electron chi connectivity index (χ2n) is 4.29. The minimum atomic E-state index is -0.247. The van der Waals surface area contributed by atoms with Gasteiger partial charge in [-0.05, 0) is 30.4 Å². The molecule has 0 saturated carbocycles. The number of carbonyl (C=O) groups is 2. The molecule has 116 valence electrons. The van der Waals surface area contributed by atoms with Gasteiger partial charge in [0, 0.05) is 18.7 Å². The molecule has 0 fully saturated rings. The van der Waals surface area contributed by atoms with E-state index < -0.39 is 0 Å². The monoisotopic (exact) mass is 348 g/mol. The number of amides is 2. The van der Waals surface area contributed by atoms with E-state index in [1.165, 1.54) is 6.07 Å². The summed E-state index contributed by atoms with van der Waals surface area (Å²) in [5, 5.41) is 6.20. The summed E-state index contributed by atoms with van der Waals surface area (Å²) in [6.45, 7) is 2.84. The van der Waals surface area contributed by atoms with E-state index in [9.17, 15) is 9.59 Å². The van der Waals surface area contributed by atoms with Crippen molar-refractivity contribution in [3.8, 4) is 0 Å². The first-order chi connectivity index (χ1) is 10.0. The third kappa shape index (κ3) is 7.07. The van der Waals surface area contributed by atoms with Crippen LogP contribution in [0, 0.1) is 0 Å². The summed E-state index contributed by atoms with van der Waals surface area (Å²) in [5.74, 6) is 1.16. The molecule has 0 aliphatic rings. The summed E-state index contributed by atoms with van der Waals surface area (Å²) in [6.07, 6.45) is 1.05. The standard InChI is InChI=1S/C14H18Cl2N2O2S/c1-2-7-21-9-13(19)17-5-6-18-14(20)10-3-4-11(15)12(16)8-10/h3-4,8H,2,5-7,9H2,1H3,(H,17,19)(H,18,20). The maximum absolute atomic E-state index is 11.8. The first kappa shape index (κ1) is 18.1. The highest BCUT2D eigenvalue weighted by Crippen LogP contribution is 2.22. The number of rotatable bonds is 8. The third-order valence-electron chi connectivity index (χ3n) is 2.50. The van der Waals surface area contributed by atoms with Crippen molar-refractivity contribution in [1.82, 2.24) is 10.6 Å². The van der Waals surface area contributed by atoms with Gasteiger partial charge in [-0.15, -0.1) is 0 Å². The summed E-state index contributed by atoms with van der Waals surface area (Å²) < 4.78 is 0. The number of nitrogens with one attached hydrogen (secondary N) is 2. The number of hydrogen-bond acceptors (Lipinski definition) is 3. The molecule has 1 rings (SSSR count). The quantitative estimate of drug-likeness (QED) is 0.710. The highest BCUT2D eigenvalue weighted by atomic mass is 35.5. The third-order valence-corrected chi connectivity index (χ3v) is 4.40. The summed E-state index contributed by atoms with van der Waals surface area (Å²) >= 11 is 13.2. The minimum Gasteiger partial charge on any atom is -0.354 e. The van der Waals surface area contributed by atoms with Crippen LogP contribution in [0.3, 0.4) is 0 Å². The summed E-state index contributed by atoms with van der Waals surface area (Å²) in [4.78, 5) is 23.3. The molecule has 2 N–H and O–H groups in total. The number of carbonyl (C=O) groups excluding carboxylic acids is 2. The van der Waals surface area contributed by atoms with Crippen LogP contribution < -0.4 is 10.6 Å². The van der Waals surface area contributed by atoms with Crippen LogP contribution in [-0.2, 0) is 4.79 Å². The molecule has 0 aromatic heterocycles. The largest absolute Gasteiger partial charge is 0.354 e. The van der Waals surface area contributed by atoms with Gasteiger partial charge in [-0.1, -0.05) is 30.1 Å². The Labute approximate surface area is 139 Å². The Bertz CT molecular complexity index is 498. The first-order valence-electron chi connectivity index (χ1n) is 6.62. The zero-order chi connectivity index (χ0) is 15.7. The lowest BCUT2D eigenvalue weighted by Gasteiger charge is -2.07. The van der Waals surface area contributed by atoms with Crippen LogP contribution in [0.15, 0.2) is 18.2 Å². The average Bonchev–Trinajstić information content (AvgIpc) is 2.46. The highest BCUT2D eigenvalue weighted by molar-refractivity contribution is 7.99. The lowest BCUT2D eigenvalue weighted by atomic mass is 10.2. The first-order valence-corrected chi connectivity index (χ1v) is 8.53. The van der Waals surface area contributed by atoms with Crippen LogP contribution >= 0.6 is 35.0 Å². The van der Waals surface area contributed by atoms with Crippen LogP contribution in [0.5, 0.6) is 0 Å². The predicted octanol–water partition coefficient (Wildman–Crippen LogP) is 2.98. The SMILES string of the molecule is CCCSCC(=O)NCCNC(=O)c1ccc(Cl)c(Cl)c1. The average molecular weight is 349 g/mol. The van der Waals surface area contributed by atoms with Gasteiger partial charge in [0.1, 0.15) is 0 Å². The van der Waals surface area contributed by atoms with Crippen molar-refractivity contribution >= 4 is 46.8 Å². The molecule has 0 aliphatic carbocycles. The maximum Gasteiger partial charge on any atom is 0.251 e. The molecule has 0 heterocycles. The van der Waals surface area contributed by atoms with Gasteiger partial charge in [0.15, 0.2) is 0 Å². The van der Waals surface area contributed by atoms with Crippen molar-refractivity contribution < 1.29 is 9.59 Å². The summed E-state index contributed by atoms with van der Waals surface area (Å²) in [7, 11) is 0. The molecule has 0 atom stereocenters. The molecular formula is C14H18Cl2N2O2S. The predicted molar refractivity (Wildman–Crippen MR) is 89.4 cm³/mol. The van der Waals surface area contributed by atoms with Gasteiger partial charge in [0.2, 0.25) is 5.91 Å². The second kappa shape index (κ2) is 9.92. The fraction of sp³-hybridized carbons (Fsp3) is 0.429. The molecular weight excluding hydrogens is 331 g/mol. The number of halogens is 2. The Balaban J connectivity index is 2.24. The number of thioether (sulfide) groups is 1. The number of benzene rings is 1. The van der Waals surface area contributed by atoms with E-state index in [-0.39, 0.29) is 11.8 Å². The van der Waals surface area contributed by atoms with Gasteiger partial charge in [0.05, 0.1) is 15.8 Å². The summed E-state index contributed by atoms with van der Waals surface area (Å²) in [5.41, 5.74) is 0.439. The molecule has 21 heavy (non-hydrogen) atoms. The van der Waals surface area contributed by atoms with E-state index in [2.05, 4.69) is 17.6 Å². The lowest BCUT2D eigenvalue weighted by Crippen LogP contribution is -2.35. The normalized spacial score (nSPS) is 10.2. The van der Waals surface area contributed by atoms with Gasteiger partial charge in [-0.25, -0.2) is 0 Å². The van der Waals surface area contributed by atoms with Gasteiger partial charge in [-0.3, -0.25) is 9.59 Å². The zero-order valence-electron chi connectivity index (χ0n) is 11.7. The molecule has 2 amide bonds. The van der Waals surface area contributed by atoms with Crippen molar-refractivity contribution in [3.63, 3.8) is 0 Å². The Hall–Kier alpha value is -0.910. The highest BCUT2D eigenvalue weighted by Gasteiger charge is 2.07. The van der Waals surface area contributed by atoms with Crippen molar-refractivity contribution in [2.45, 2.75) is 13.3 Å². The topological polar surface area (TPSA) is 58.2 Å². The van der Waals surface area contributed by atoms with Gasteiger partial charge in [0.25, 0.3) is 5.91 Å². The fourth-order valence-corrected chi connectivity index (χ4v) is 2.50. The van der Waals surface area contributed by atoms with Crippen molar-refractivity contribution in [1.29, 1.82) is 0 Å². The fourth-order valence-electron chi connectivity index (χ4n) is 1.48. The second-order valence-corrected chi connectivity index (χ2v) is 6.21. The van der Waals surface area contributed by atoms with Crippen LogP contribution in [0.4, 0.5) is 0 Å². The molecule has 0 unspecified atom stereocenters. The molecule has 0 saturated heterocycles. The minimum absolute atomic E-state index is 0.0164. The van der Waals surface area contributed by atoms with E-state index in [1.54, 1.807) is 23.9 Å². The Morgan fingerprint density at radius 2 is 1.86 bits per heavy atom. The molecule has 1 aromatic rings. The van der Waals surface area contributed by atoms with E-state index >= 15 is 0 Å². The molecule has 0 aliphatic heterocycles. The molecule has 7 heteroatoms. The van der Waals surface area contributed by atoms with Crippen LogP contribution in [0.1, 0.15) is 23.7 Å². The molecule has 0 bridgehead atoms. The Morgan fingerprint density at radius 3 is 2.52 bits per heavy atom. The van der Waals surface area contributed by atoms with Gasteiger partial charge >= 0.3 is 0 Å². The van der Waals surface area contributed by atoms with E-state index in [1.807, 2.05) is 0 Å². The molecule has 0 spiro atoms. The smallest absolute Gasteiger partial charge is 0.251 e. The zero-order valence-corrected chi connectivity index (χ0v) is 14.1. The maximum atomic E-state index is 11.8. The summed E-state index contributed by atoms with van der Waals surface area (Å²) in [6, 6.07) is 4.69. The molecule has 0 radical (unpaired) electrons. The van der Waals surface area contributed by atoms with E-state index in [0.717, 1.165) is 12.2 Å². The van der Waals surface area contributed by atoms with Gasteiger partial charge in [-0.2, -0.15) is 11.8 Å². The van der Waals surface area contributed by atoms with E-state index in [0.29, 0.717) is 34.5 Å². The number of hydrogen-bond donors (Lipinski definition) is 2. The van der Waals surface area contributed by atoms with Crippen molar-refractivity contribution in [2.75, 3.05) is 24.6 Å². The lowest BCUT2D eigenvalue weighted by molar-refractivity contribution is -0.118. The van der Waals surface area contributed by atoms with Gasteiger partial charge < -0.3 is 10.6 Å². The molecule has 4 nitrogen and oxygen atoms in total. The Morgan fingerprint density at radius 1 is 1.14 bits per heavy atom. The van der Waals surface area contributed by atoms with Crippen LogP contribution in [0.2, 0.25) is 10.0 Å². The van der Waals surface area contributed by atoms with Crippen molar-refractivity contribution in [3.05, 3.63) is 33.8 Å². The van der Waals surface area contributed by atoms with E-state index in [4.69, 9.17) is 23.2 Å². The van der Waals surface area contributed by atoms with Crippen LogP contribution in [-0.4, -0.2) is 36.4 Å². The van der Waals surface area contributed by atoms with Crippen LogP contribution in [0.25, 0.3) is 0 Å². The Kier molecular flexibility index (Phi) is 8.57.